The molecule has 0 aromatic rings. The Morgan fingerprint density at radius 2 is 2.00 bits per heavy atom. The van der Waals surface area contributed by atoms with Crippen molar-refractivity contribution >= 4 is 6.72 Å². The smallest absolute Gasteiger partial charge is 0.185 e. The normalized spacial score (nSPS) is 46.0. The van der Waals surface area contributed by atoms with E-state index >= 15 is 0 Å². The number of ether oxygens (including phenoxy) is 2. The van der Waals surface area contributed by atoms with Gasteiger partial charge in [-0.15, -0.1) is 0 Å². The molecule has 1 aliphatic heterocycles. The Kier molecular flexibility index (Phi) is 3.38. The fourth-order valence-corrected chi connectivity index (χ4v) is 1.42. The maximum atomic E-state index is 9.57. The number of rotatable bonds is 2. The molecule has 0 aliphatic carbocycles. The molecule has 1 heterocycles. The molecule has 5 atom stereocenters. The Hall–Kier alpha value is -0.490. The third-order valence-corrected chi connectivity index (χ3v) is 2.25. The van der Waals surface area contributed by atoms with Gasteiger partial charge in [0.2, 0.25) is 0 Å². The summed E-state index contributed by atoms with van der Waals surface area (Å²) in [4.78, 5) is 3.65. The number of nitrogens with zero attached hydrogens (tertiary/aromatic N) is 1. The molecule has 0 spiro atoms. The number of methoxy groups -OCH3 is 1. The van der Waals surface area contributed by atoms with E-state index in [1.54, 1.807) is 6.92 Å². The van der Waals surface area contributed by atoms with Crippen molar-refractivity contribution in [1.82, 2.24) is 0 Å². The van der Waals surface area contributed by atoms with Crippen LogP contribution >= 0.6 is 0 Å². The van der Waals surface area contributed by atoms with Crippen LogP contribution < -0.4 is 0 Å². The molecule has 0 saturated carbocycles. The van der Waals surface area contributed by atoms with E-state index in [0.717, 1.165) is 0 Å². The van der Waals surface area contributed by atoms with Crippen molar-refractivity contribution in [3.63, 3.8) is 0 Å². The lowest BCUT2D eigenvalue weighted by atomic mass is 9.98. The maximum Gasteiger partial charge on any atom is 0.185 e. The van der Waals surface area contributed by atoms with Crippen LogP contribution in [-0.4, -0.2) is 54.7 Å². The molecule has 0 aromatic carbocycles. The summed E-state index contributed by atoms with van der Waals surface area (Å²) in [6.45, 7) is 5.00. The minimum atomic E-state index is -0.964. The van der Waals surface area contributed by atoms with Crippen LogP contribution in [0.3, 0.4) is 0 Å². The van der Waals surface area contributed by atoms with Crippen molar-refractivity contribution in [3.8, 4) is 0 Å². The van der Waals surface area contributed by atoms with Crippen molar-refractivity contribution in [2.75, 3.05) is 7.11 Å². The maximum absolute atomic E-state index is 9.57. The van der Waals surface area contributed by atoms with Crippen LogP contribution in [0.15, 0.2) is 4.99 Å². The number of hydrogen-bond acceptors (Lipinski definition) is 5. The number of aliphatic hydroxyl groups excluding tert-OH is 2. The molecule has 0 amide bonds. The Bertz CT molecular complexity index is 187. The zero-order valence-corrected chi connectivity index (χ0v) is 7.75. The van der Waals surface area contributed by atoms with Gasteiger partial charge in [0, 0.05) is 7.11 Å². The quantitative estimate of drug-likeness (QED) is 0.556. The Balaban J connectivity index is 2.74. The molecule has 0 aromatic heterocycles. The highest BCUT2D eigenvalue weighted by atomic mass is 16.7. The molecule has 1 saturated heterocycles. The van der Waals surface area contributed by atoms with Crippen molar-refractivity contribution < 1.29 is 19.7 Å². The molecule has 5 nitrogen and oxygen atoms in total. The number of hydrogen-bond donors (Lipinski definition) is 2. The van der Waals surface area contributed by atoms with Crippen molar-refractivity contribution in [1.29, 1.82) is 0 Å². The summed E-state index contributed by atoms with van der Waals surface area (Å²) in [6.07, 6.45) is -2.95. The van der Waals surface area contributed by atoms with Gasteiger partial charge in [0.15, 0.2) is 6.29 Å². The lowest BCUT2D eigenvalue weighted by Gasteiger charge is -2.38. The largest absolute Gasteiger partial charge is 0.388 e. The van der Waals surface area contributed by atoms with E-state index in [2.05, 4.69) is 11.7 Å². The average molecular weight is 189 g/mol. The first kappa shape index (κ1) is 10.6. The van der Waals surface area contributed by atoms with Crippen molar-refractivity contribution in [2.24, 2.45) is 4.99 Å². The third-order valence-electron chi connectivity index (χ3n) is 2.25. The van der Waals surface area contributed by atoms with Crippen LogP contribution in [0, 0.1) is 0 Å². The summed E-state index contributed by atoms with van der Waals surface area (Å²) in [5, 5.41) is 19.1. The van der Waals surface area contributed by atoms with E-state index in [-0.39, 0.29) is 0 Å². The third kappa shape index (κ3) is 1.88. The van der Waals surface area contributed by atoms with Crippen LogP contribution in [0.4, 0.5) is 0 Å². The summed E-state index contributed by atoms with van der Waals surface area (Å²) in [5.41, 5.74) is 0. The molecule has 0 unspecified atom stereocenters. The van der Waals surface area contributed by atoms with E-state index in [1.165, 1.54) is 7.11 Å². The minimum absolute atomic E-state index is 0.413. The first-order chi connectivity index (χ1) is 6.11. The Morgan fingerprint density at radius 3 is 2.46 bits per heavy atom. The Labute approximate surface area is 77.0 Å². The molecule has 1 aliphatic rings. The lowest BCUT2D eigenvalue weighted by Crippen LogP contribution is -2.56. The first-order valence-corrected chi connectivity index (χ1v) is 4.12. The molecular weight excluding hydrogens is 174 g/mol. The predicted octanol–water partition coefficient (Wildman–Crippen LogP) is -0.831. The van der Waals surface area contributed by atoms with E-state index in [0.29, 0.717) is 0 Å². The molecule has 0 bridgehead atoms. The fraction of sp³-hybridized carbons (Fsp3) is 0.875. The predicted molar refractivity (Wildman–Crippen MR) is 46.7 cm³/mol. The molecule has 5 heteroatoms. The minimum Gasteiger partial charge on any atom is -0.388 e. The van der Waals surface area contributed by atoms with E-state index < -0.39 is 30.6 Å². The highest BCUT2D eigenvalue weighted by Gasteiger charge is 2.42. The van der Waals surface area contributed by atoms with Crippen molar-refractivity contribution in [2.45, 2.75) is 37.6 Å². The molecule has 0 radical (unpaired) electrons. The lowest BCUT2D eigenvalue weighted by molar-refractivity contribution is -0.257. The van der Waals surface area contributed by atoms with Crippen LogP contribution in [0.2, 0.25) is 0 Å². The standard InChI is InChI=1S/C8H15NO4/c1-4-6(10)5(9-2)7(11)8(12-3)13-4/h4-8,10-11H,2H2,1,3H3/t4-,5+,6-,7+,8-/m1/s1. The topological polar surface area (TPSA) is 71.3 Å². The SMILES string of the molecule is C=N[C@@H]1[C@H](O)[C@H](OC)O[C@H](C)[C@H]1O. The van der Waals surface area contributed by atoms with Gasteiger partial charge in [-0.2, -0.15) is 0 Å². The number of aliphatic hydroxyl groups is 2. The van der Waals surface area contributed by atoms with Crippen LogP contribution in [0.25, 0.3) is 0 Å². The monoisotopic (exact) mass is 189 g/mol. The highest BCUT2D eigenvalue weighted by molar-refractivity contribution is 5.25. The zero-order chi connectivity index (χ0) is 10.0. The van der Waals surface area contributed by atoms with Crippen LogP contribution in [0.1, 0.15) is 6.92 Å². The van der Waals surface area contributed by atoms with Gasteiger partial charge in [-0.1, -0.05) is 0 Å². The first-order valence-electron chi connectivity index (χ1n) is 4.12. The highest BCUT2D eigenvalue weighted by Crippen LogP contribution is 2.23. The van der Waals surface area contributed by atoms with Crippen molar-refractivity contribution in [3.05, 3.63) is 0 Å². The second-order valence-electron chi connectivity index (χ2n) is 3.10. The van der Waals surface area contributed by atoms with E-state index in [9.17, 15) is 10.2 Å². The summed E-state index contributed by atoms with van der Waals surface area (Å²) in [7, 11) is 1.43. The molecule has 76 valence electrons. The summed E-state index contributed by atoms with van der Waals surface area (Å²) in [5.74, 6) is 0. The molecule has 2 N–H and O–H groups in total. The van der Waals surface area contributed by atoms with E-state index in [4.69, 9.17) is 9.47 Å². The van der Waals surface area contributed by atoms with Gasteiger partial charge >= 0.3 is 0 Å². The van der Waals surface area contributed by atoms with E-state index in [1.807, 2.05) is 0 Å². The second-order valence-corrected chi connectivity index (χ2v) is 3.10. The summed E-state index contributed by atoms with van der Waals surface area (Å²) < 4.78 is 10.1. The molecule has 1 fully saturated rings. The van der Waals surface area contributed by atoms with Gasteiger partial charge < -0.3 is 19.7 Å². The van der Waals surface area contributed by atoms with Gasteiger partial charge in [-0.05, 0) is 13.6 Å². The summed E-state index contributed by atoms with van der Waals surface area (Å²) in [6, 6.07) is -0.645. The molecule has 1 rings (SSSR count). The number of aliphatic imine (C=N–C) groups is 1. The van der Waals surface area contributed by atoms with Gasteiger partial charge in [0.05, 0.1) is 6.10 Å². The van der Waals surface area contributed by atoms with Crippen LogP contribution in [-0.2, 0) is 9.47 Å². The molecular formula is C8H15NO4. The second kappa shape index (κ2) is 4.15. The van der Waals surface area contributed by atoms with Gasteiger partial charge in [-0.3, -0.25) is 4.99 Å². The average Bonchev–Trinajstić information content (AvgIpc) is 2.12. The molecule has 13 heavy (non-hydrogen) atoms. The summed E-state index contributed by atoms with van der Waals surface area (Å²) >= 11 is 0. The fourth-order valence-electron chi connectivity index (χ4n) is 1.42. The Morgan fingerprint density at radius 1 is 1.38 bits per heavy atom. The van der Waals surface area contributed by atoms with Gasteiger partial charge in [-0.25, -0.2) is 0 Å². The van der Waals surface area contributed by atoms with Crippen LogP contribution in [0.5, 0.6) is 0 Å². The van der Waals surface area contributed by atoms with Gasteiger partial charge in [0.1, 0.15) is 18.2 Å². The van der Waals surface area contributed by atoms with Gasteiger partial charge in [0.25, 0.3) is 0 Å². The zero-order valence-electron chi connectivity index (χ0n) is 7.75.